The van der Waals surface area contributed by atoms with Gasteiger partial charge in [-0.3, -0.25) is 4.79 Å². The van der Waals surface area contributed by atoms with E-state index in [2.05, 4.69) is 20.3 Å². The van der Waals surface area contributed by atoms with Crippen molar-refractivity contribution < 1.29 is 4.79 Å². The Kier molecular flexibility index (Phi) is 6.61. The topological polar surface area (TPSA) is 74.2 Å². The third kappa shape index (κ3) is 4.70. The Morgan fingerprint density at radius 3 is 2.33 bits per heavy atom. The van der Waals surface area contributed by atoms with Crippen LogP contribution in [0.3, 0.4) is 0 Å². The lowest BCUT2D eigenvalue weighted by atomic mass is 10.3. The van der Waals surface area contributed by atoms with Gasteiger partial charge in [-0.25, -0.2) is 0 Å². The fraction of sp³-hybridized carbons (Fsp3) is 0.692. The summed E-state index contributed by atoms with van der Waals surface area (Å²) in [4.78, 5) is 28.1. The molecule has 0 fully saturated rings. The predicted molar refractivity (Wildman–Crippen MR) is 84.8 cm³/mol. The van der Waals surface area contributed by atoms with Crippen molar-refractivity contribution in [2.45, 2.75) is 33.7 Å². The Morgan fingerprint density at radius 2 is 1.81 bits per heavy atom. The van der Waals surface area contributed by atoms with E-state index in [4.69, 9.17) is 11.6 Å². The zero-order valence-corrected chi connectivity index (χ0v) is 14.0. The zero-order valence-electron chi connectivity index (χ0n) is 13.2. The molecule has 0 aliphatic carbocycles. The van der Waals surface area contributed by atoms with Gasteiger partial charge in [-0.05, 0) is 39.3 Å². The van der Waals surface area contributed by atoms with E-state index < -0.39 is 6.04 Å². The summed E-state index contributed by atoms with van der Waals surface area (Å²) in [5.41, 5.74) is 0. The minimum atomic E-state index is -0.432. The number of likely N-dealkylation sites (N-methyl/N-ethyl adjacent to an activating group) is 1. The molecule has 1 unspecified atom stereocenters. The van der Waals surface area contributed by atoms with E-state index in [1.807, 2.05) is 25.7 Å². The molecule has 118 valence electrons. The lowest BCUT2D eigenvalue weighted by Gasteiger charge is -2.22. The van der Waals surface area contributed by atoms with Crippen molar-refractivity contribution in [1.29, 1.82) is 0 Å². The fourth-order valence-corrected chi connectivity index (χ4v) is 1.95. The third-order valence-corrected chi connectivity index (χ3v) is 3.38. The highest BCUT2D eigenvalue weighted by Crippen LogP contribution is 2.14. The van der Waals surface area contributed by atoms with Crippen LogP contribution in [0.15, 0.2) is 0 Å². The zero-order chi connectivity index (χ0) is 16.0. The number of aromatic nitrogens is 3. The molecule has 0 spiro atoms. The molecule has 7 nitrogen and oxygen atoms in total. The molecule has 1 aromatic rings. The maximum atomic E-state index is 12.0. The van der Waals surface area contributed by atoms with Gasteiger partial charge in [0.15, 0.2) is 0 Å². The normalized spacial score (nSPS) is 11.9. The molecule has 1 N–H and O–H groups in total. The van der Waals surface area contributed by atoms with Crippen LogP contribution in [-0.4, -0.2) is 58.5 Å². The summed E-state index contributed by atoms with van der Waals surface area (Å²) in [7, 11) is 1.75. The van der Waals surface area contributed by atoms with Crippen molar-refractivity contribution in [1.82, 2.24) is 19.9 Å². The Morgan fingerprint density at radius 1 is 1.19 bits per heavy atom. The molecule has 0 saturated carbocycles. The summed E-state index contributed by atoms with van der Waals surface area (Å²) in [6, 6.07) is -0.432. The number of anilines is 2. The second-order valence-corrected chi connectivity index (χ2v) is 4.96. The Balaban J connectivity index is 2.91. The van der Waals surface area contributed by atoms with Gasteiger partial charge in [-0.1, -0.05) is 0 Å². The van der Waals surface area contributed by atoms with Crippen LogP contribution in [0.25, 0.3) is 0 Å². The van der Waals surface area contributed by atoms with E-state index in [9.17, 15) is 4.79 Å². The predicted octanol–water partition coefficient (Wildman–Crippen LogP) is 1.65. The molecule has 1 atom stereocenters. The number of amides is 1. The van der Waals surface area contributed by atoms with Gasteiger partial charge in [-0.15, -0.1) is 0 Å². The average molecular weight is 315 g/mol. The van der Waals surface area contributed by atoms with Crippen LogP contribution in [0.2, 0.25) is 5.28 Å². The molecule has 0 aliphatic rings. The highest BCUT2D eigenvalue weighted by Gasteiger charge is 2.18. The molecule has 1 aromatic heterocycles. The van der Waals surface area contributed by atoms with Gasteiger partial charge >= 0.3 is 0 Å². The van der Waals surface area contributed by atoms with Gasteiger partial charge in [0.05, 0.1) is 0 Å². The molecule has 8 heteroatoms. The summed E-state index contributed by atoms with van der Waals surface area (Å²) >= 11 is 5.94. The van der Waals surface area contributed by atoms with Crippen LogP contribution >= 0.6 is 11.6 Å². The molecule has 1 heterocycles. The summed E-state index contributed by atoms with van der Waals surface area (Å²) < 4.78 is 0. The number of carbonyl (C=O) groups is 1. The highest BCUT2D eigenvalue weighted by molar-refractivity contribution is 6.28. The van der Waals surface area contributed by atoms with Crippen LogP contribution in [-0.2, 0) is 4.79 Å². The van der Waals surface area contributed by atoms with E-state index in [1.165, 1.54) is 0 Å². The Bertz CT molecular complexity index is 480. The third-order valence-electron chi connectivity index (χ3n) is 3.21. The smallest absolute Gasteiger partial charge is 0.244 e. The van der Waals surface area contributed by atoms with Crippen molar-refractivity contribution >= 4 is 29.4 Å². The van der Waals surface area contributed by atoms with Gasteiger partial charge in [0, 0.05) is 26.7 Å². The summed E-state index contributed by atoms with van der Waals surface area (Å²) in [6.07, 6.45) is 0. The Labute approximate surface area is 130 Å². The van der Waals surface area contributed by atoms with Gasteiger partial charge < -0.3 is 15.1 Å². The van der Waals surface area contributed by atoms with Gasteiger partial charge in [0.1, 0.15) is 6.04 Å². The minimum Gasteiger partial charge on any atom is -0.344 e. The summed E-state index contributed by atoms with van der Waals surface area (Å²) in [6.45, 7) is 9.89. The second kappa shape index (κ2) is 7.97. The lowest BCUT2D eigenvalue weighted by Crippen LogP contribution is -2.39. The maximum absolute atomic E-state index is 12.0. The van der Waals surface area contributed by atoms with Crippen molar-refractivity contribution in [3.05, 3.63) is 5.28 Å². The quantitative estimate of drug-likeness (QED) is 0.825. The SMILES string of the molecule is CCN(C)C(=O)C(C)Nc1nc(Cl)nc(N(CC)CC)n1. The average Bonchev–Trinajstić information content (AvgIpc) is 2.46. The number of halogens is 1. The largest absolute Gasteiger partial charge is 0.344 e. The first-order chi connectivity index (χ1) is 9.92. The van der Waals surface area contributed by atoms with Crippen molar-refractivity contribution in [3.63, 3.8) is 0 Å². The molecule has 1 amide bonds. The number of rotatable bonds is 7. The molecular weight excluding hydrogens is 292 g/mol. The first-order valence-corrected chi connectivity index (χ1v) is 7.48. The van der Waals surface area contributed by atoms with E-state index in [0.29, 0.717) is 18.4 Å². The van der Waals surface area contributed by atoms with E-state index in [0.717, 1.165) is 13.1 Å². The maximum Gasteiger partial charge on any atom is 0.244 e. The van der Waals surface area contributed by atoms with Crippen LogP contribution in [0.5, 0.6) is 0 Å². The van der Waals surface area contributed by atoms with Gasteiger partial charge in [-0.2, -0.15) is 15.0 Å². The van der Waals surface area contributed by atoms with E-state index in [1.54, 1.807) is 18.9 Å². The fourth-order valence-electron chi connectivity index (χ4n) is 1.79. The van der Waals surface area contributed by atoms with Crippen molar-refractivity contribution in [2.75, 3.05) is 36.9 Å². The Hall–Kier alpha value is -1.63. The molecule has 0 aliphatic heterocycles. The monoisotopic (exact) mass is 314 g/mol. The minimum absolute atomic E-state index is 0.0292. The lowest BCUT2D eigenvalue weighted by molar-refractivity contribution is -0.130. The molecule has 1 rings (SSSR count). The van der Waals surface area contributed by atoms with Crippen LogP contribution in [0, 0.1) is 0 Å². The number of nitrogens with one attached hydrogen (secondary N) is 1. The number of nitrogens with zero attached hydrogens (tertiary/aromatic N) is 5. The van der Waals surface area contributed by atoms with Crippen LogP contribution in [0.1, 0.15) is 27.7 Å². The highest BCUT2D eigenvalue weighted by atomic mass is 35.5. The van der Waals surface area contributed by atoms with Crippen LogP contribution < -0.4 is 10.2 Å². The molecule has 0 bridgehead atoms. The van der Waals surface area contributed by atoms with Crippen LogP contribution in [0.4, 0.5) is 11.9 Å². The molecule has 0 saturated heterocycles. The number of hydrogen-bond acceptors (Lipinski definition) is 6. The summed E-state index contributed by atoms with van der Waals surface area (Å²) in [5, 5.41) is 3.09. The standard InChI is InChI=1S/C13H23ClN6O/c1-6-19(5)10(21)9(4)15-12-16-11(14)17-13(18-12)20(7-2)8-3/h9H,6-8H2,1-5H3,(H,15,16,17,18). The number of carbonyl (C=O) groups excluding carboxylic acids is 1. The van der Waals surface area contributed by atoms with E-state index >= 15 is 0 Å². The summed E-state index contributed by atoms with van der Waals surface area (Å²) in [5.74, 6) is 0.784. The molecular formula is C13H23ClN6O. The van der Waals surface area contributed by atoms with Crippen molar-refractivity contribution in [2.24, 2.45) is 0 Å². The van der Waals surface area contributed by atoms with E-state index in [-0.39, 0.29) is 11.2 Å². The second-order valence-electron chi connectivity index (χ2n) is 4.62. The van der Waals surface area contributed by atoms with Gasteiger partial charge in [0.25, 0.3) is 0 Å². The first-order valence-electron chi connectivity index (χ1n) is 7.10. The first kappa shape index (κ1) is 17.4. The molecule has 0 radical (unpaired) electrons. The van der Waals surface area contributed by atoms with Gasteiger partial charge in [0.2, 0.25) is 23.1 Å². The molecule has 0 aromatic carbocycles. The molecule has 21 heavy (non-hydrogen) atoms. The number of hydrogen-bond donors (Lipinski definition) is 1. The van der Waals surface area contributed by atoms with Crippen molar-refractivity contribution in [3.8, 4) is 0 Å².